The van der Waals surface area contributed by atoms with Crippen molar-refractivity contribution in [3.8, 4) is 22.8 Å². The van der Waals surface area contributed by atoms with Gasteiger partial charge in [0, 0.05) is 24.4 Å². The molecule has 0 bridgehead atoms. The number of fused-ring (bicyclic) bond motifs is 1. The molecule has 6 heteroatoms. The number of rotatable bonds is 4. The van der Waals surface area contributed by atoms with Gasteiger partial charge in [-0.1, -0.05) is 24.3 Å². The first-order valence-electron chi connectivity index (χ1n) is 8.32. The van der Waals surface area contributed by atoms with Crippen LogP contribution in [0.3, 0.4) is 0 Å². The summed E-state index contributed by atoms with van der Waals surface area (Å²) in [4.78, 5) is 13.0. The highest BCUT2D eigenvalue weighted by atomic mass is 16.5. The summed E-state index contributed by atoms with van der Waals surface area (Å²) in [5.41, 5.74) is 9.35. The van der Waals surface area contributed by atoms with Crippen molar-refractivity contribution in [3.63, 3.8) is 0 Å². The topological polar surface area (TPSA) is 79.4 Å². The molecule has 0 spiro atoms. The fourth-order valence-corrected chi connectivity index (χ4v) is 3.23. The second-order valence-electron chi connectivity index (χ2n) is 6.26. The highest BCUT2D eigenvalue weighted by Crippen LogP contribution is 2.39. The van der Waals surface area contributed by atoms with Crippen LogP contribution in [0.25, 0.3) is 11.3 Å². The summed E-state index contributed by atoms with van der Waals surface area (Å²) in [6.45, 7) is 0. The van der Waals surface area contributed by atoms with Gasteiger partial charge in [-0.25, -0.2) is 0 Å². The Morgan fingerprint density at radius 1 is 1.23 bits per heavy atom. The smallest absolute Gasteiger partial charge is 0.209 e. The number of carbonyl (C=O) groups is 1. The lowest BCUT2D eigenvalue weighted by Gasteiger charge is -2.15. The number of aromatic nitrogens is 2. The van der Waals surface area contributed by atoms with Crippen LogP contribution in [0.4, 0.5) is 0 Å². The maximum Gasteiger partial charge on any atom is 0.209 e. The molecule has 26 heavy (non-hydrogen) atoms. The third kappa shape index (κ3) is 2.64. The number of Topliss-reactive ketones (excluding diaryl/α,β-unsaturated/α-hetero) is 1. The van der Waals surface area contributed by atoms with Crippen molar-refractivity contribution in [3.05, 3.63) is 65.9 Å². The van der Waals surface area contributed by atoms with Gasteiger partial charge in [0.25, 0.3) is 0 Å². The molecule has 1 aromatic heterocycles. The van der Waals surface area contributed by atoms with Crippen LogP contribution in [0.2, 0.25) is 0 Å². The molecular weight excluding hydrogens is 330 g/mol. The maximum absolute atomic E-state index is 13.0. The van der Waals surface area contributed by atoms with Gasteiger partial charge < -0.3 is 15.2 Å². The standard InChI is InChI=1S/C20H19N3O3/c1-23-10-9-15(22-23)12-7-8-13-17(11-12)26-20(18(13)21)19(24)14-5-3-4-6-16(14)25-2/h3-11,18,20H,21H2,1-2H3. The summed E-state index contributed by atoms with van der Waals surface area (Å²) in [6, 6.07) is 14.2. The molecule has 2 N–H and O–H groups in total. The van der Waals surface area contributed by atoms with Gasteiger partial charge in [-0.3, -0.25) is 9.48 Å². The van der Waals surface area contributed by atoms with Crippen LogP contribution < -0.4 is 15.2 Å². The predicted molar refractivity (Wildman–Crippen MR) is 97.3 cm³/mol. The Labute approximate surface area is 151 Å². The Balaban J connectivity index is 1.65. The Morgan fingerprint density at radius 2 is 2.04 bits per heavy atom. The molecular formula is C20H19N3O3. The Hall–Kier alpha value is -3.12. The van der Waals surface area contributed by atoms with Gasteiger partial charge in [-0.05, 0) is 24.3 Å². The average Bonchev–Trinajstić information content (AvgIpc) is 3.24. The molecule has 4 rings (SSSR count). The van der Waals surface area contributed by atoms with Crippen molar-refractivity contribution in [2.45, 2.75) is 12.1 Å². The Kier molecular flexibility index (Phi) is 3.97. The van der Waals surface area contributed by atoms with Gasteiger partial charge in [-0.15, -0.1) is 0 Å². The average molecular weight is 349 g/mol. The van der Waals surface area contributed by atoms with E-state index in [-0.39, 0.29) is 5.78 Å². The fourth-order valence-electron chi connectivity index (χ4n) is 3.23. The lowest BCUT2D eigenvalue weighted by atomic mass is 9.96. The zero-order valence-electron chi connectivity index (χ0n) is 14.5. The number of hydrogen-bond acceptors (Lipinski definition) is 5. The highest BCUT2D eigenvalue weighted by molar-refractivity contribution is 6.03. The lowest BCUT2D eigenvalue weighted by molar-refractivity contribution is 0.0791. The van der Waals surface area contributed by atoms with Crippen LogP contribution in [0.5, 0.6) is 11.5 Å². The molecule has 0 aliphatic carbocycles. The molecule has 0 saturated heterocycles. The second kappa shape index (κ2) is 6.31. The van der Waals surface area contributed by atoms with Crippen LogP contribution in [0, 0.1) is 0 Å². The van der Waals surface area contributed by atoms with Gasteiger partial charge in [-0.2, -0.15) is 5.10 Å². The van der Waals surface area contributed by atoms with E-state index in [9.17, 15) is 4.79 Å². The number of ketones is 1. The van der Waals surface area contributed by atoms with Gasteiger partial charge in [0.1, 0.15) is 11.5 Å². The largest absolute Gasteiger partial charge is 0.496 e. The van der Waals surface area contributed by atoms with E-state index >= 15 is 0 Å². The molecule has 3 aromatic rings. The summed E-state index contributed by atoms with van der Waals surface area (Å²) in [5, 5.41) is 4.40. The van der Waals surface area contributed by atoms with E-state index in [0.717, 1.165) is 16.8 Å². The molecule has 2 atom stereocenters. The van der Waals surface area contributed by atoms with Crippen LogP contribution in [-0.2, 0) is 7.05 Å². The van der Waals surface area contributed by atoms with E-state index in [1.54, 1.807) is 22.9 Å². The number of hydrogen-bond donors (Lipinski definition) is 1. The number of carbonyl (C=O) groups excluding carboxylic acids is 1. The van der Waals surface area contributed by atoms with E-state index in [2.05, 4.69) is 5.10 Å². The number of nitrogens with zero attached hydrogens (tertiary/aromatic N) is 2. The van der Waals surface area contributed by atoms with Crippen LogP contribution >= 0.6 is 0 Å². The Morgan fingerprint density at radius 3 is 2.77 bits per heavy atom. The number of para-hydroxylation sites is 1. The minimum absolute atomic E-state index is 0.189. The van der Waals surface area contributed by atoms with Crippen molar-refractivity contribution in [1.29, 1.82) is 0 Å². The zero-order chi connectivity index (χ0) is 18.3. The molecule has 132 valence electrons. The van der Waals surface area contributed by atoms with E-state index in [1.165, 1.54) is 7.11 Å². The summed E-state index contributed by atoms with van der Waals surface area (Å²) in [7, 11) is 3.40. The van der Waals surface area contributed by atoms with Gasteiger partial charge >= 0.3 is 0 Å². The molecule has 0 fully saturated rings. The maximum atomic E-state index is 13.0. The minimum Gasteiger partial charge on any atom is -0.496 e. The quantitative estimate of drug-likeness (QED) is 0.733. The second-order valence-corrected chi connectivity index (χ2v) is 6.26. The van der Waals surface area contributed by atoms with E-state index < -0.39 is 12.1 Å². The van der Waals surface area contributed by atoms with Crippen molar-refractivity contribution in [2.24, 2.45) is 12.8 Å². The molecule has 1 aliphatic rings. The van der Waals surface area contributed by atoms with Crippen molar-refractivity contribution in [2.75, 3.05) is 7.11 Å². The first-order chi connectivity index (χ1) is 12.6. The molecule has 2 heterocycles. The van der Waals surface area contributed by atoms with E-state index in [1.807, 2.05) is 43.6 Å². The predicted octanol–water partition coefficient (Wildman–Crippen LogP) is 2.74. The fraction of sp³-hybridized carbons (Fsp3) is 0.200. The summed E-state index contributed by atoms with van der Waals surface area (Å²) >= 11 is 0. The third-order valence-corrected chi connectivity index (χ3v) is 4.59. The molecule has 6 nitrogen and oxygen atoms in total. The molecule has 0 radical (unpaired) electrons. The molecule has 0 amide bonds. The van der Waals surface area contributed by atoms with Crippen LogP contribution in [0.15, 0.2) is 54.7 Å². The molecule has 2 unspecified atom stereocenters. The summed E-state index contributed by atoms with van der Waals surface area (Å²) < 4.78 is 13.0. The number of aryl methyl sites for hydroxylation is 1. The minimum atomic E-state index is -0.778. The molecule has 0 saturated carbocycles. The lowest BCUT2D eigenvalue weighted by Crippen LogP contribution is -2.33. The molecule has 1 aliphatic heterocycles. The SMILES string of the molecule is COc1ccccc1C(=O)C1Oc2cc(-c3ccn(C)n3)ccc2C1N. The molecule has 2 aromatic carbocycles. The third-order valence-electron chi connectivity index (χ3n) is 4.59. The highest BCUT2D eigenvalue weighted by Gasteiger charge is 2.38. The number of benzene rings is 2. The van der Waals surface area contributed by atoms with E-state index in [4.69, 9.17) is 15.2 Å². The number of ether oxygens (including phenoxy) is 2. The zero-order valence-corrected chi connectivity index (χ0v) is 14.5. The first-order valence-corrected chi connectivity index (χ1v) is 8.32. The van der Waals surface area contributed by atoms with Crippen molar-refractivity contribution in [1.82, 2.24) is 9.78 Å². The summed E-state index contributed by atoms with van der Waals surface area (Å²) in [5.74, 6) is 0.942. The van der Waals surface area contributed by atoms with Crippen molar-refractivity contribution >= 4 is 5.78 Å². The monoisotopic (exact) mass is 349 g/mol. The van der Waals surface area contributed by atoms with Crippen LogP contribution in [0.1, 0.15) is 22.0 Å². The van der Waals surface area contributed by atoms with Gasteiger partial charge in [0.15, 0.2) is 6.10 Å². The van der Waals surface area contributed by atoms with E-state index in [0.29, 0.717) is 17.1 Å². The normalized spacial score (nSPS) is 18.3. The van der Waals surface area contributed by atoms with Gasteiger partial charge in [0.05, 0.1) is 24.4 Å². The Bertz CT molecular complexity index is 980. The van der Waals surface area contributed by atoms with Crippen molar-refractivity contribution < 1.29 is 14.3 Å². The summed E-state index contributed by atoms with van der Waals surface area (Å²) in [6.07, 6.45) is 1.10. The van der Waals surface area contributed by atoms with Gasteiger partial charge in [0.2, 0.25) is 5.78 Å². The number of methoxy groups -OCH3 is 1. The van der Waals surface area contributed by atoms with Crippen LogP contribution in [-0.4, -0.2) is 28.8 Å². The first kappa shape index (κ1) is 16.4. The number of nitrogens with two attached hydrogens (primary N) is 1.